The van der Waals surface area contributed by atoms with Crippen molar-refractivity contribution in [1.82, 2.24) is 15.8 Å². The van der Waals surface area contributed by atoms with Gasteiger partial charge in [-0.25, -0.2) is 0 Å². The molecule has 1 heterocycles. The van der Waals surface area contributed by atoms with Crippen LogP contribution in [0.25, 0.3) is 0 Å². The maximum Gasteiger partial charge on any atom is 0.191 e. The molecule has 0 radical (unpaired) electrons. The second kappa shape index (κ2) is 8.96. The summed E-state index contributed by atoms with van der Waals surface area (Å²) in [5.74, 6) is 2.54. The standard InChI is InChI=1S/C18H26N4O2/c1-5-23-17-9-7-6-8-15(17)12-21-18(19-4)20-11-10-16-13(2)22-24-14(16)3/h6-9H,5,10-12H2,1-4H3,(H2,19,20,21). The first kappa shape index (κ1) is 17.8. The topological polar surface area (TPSA) is 71.7 Å². The molecule has 24 heavy (non-hydrogen) atoms. The molecule has 0 aliphatic heterocycles. The molecule has 0 saturated heterocycles. The van der Waals surface area contributed by atoms with Crippen molar-refractivity contribution in [1.29, 1.82) is 0 Å². The molecule has 0 aliphatic rings. The first-order valence-electron chi connectivity index (χ1n) is 8.22. The molecular formula is C18H26N4O2. The van der Waals surface area contributed by atoms with Crippen LogP contribution >= 0.6 is 0 Å². The zero-order valence-electron chi connectivity index (χ0n) is 14.8. The summed E-state index contributed by atoms with van der Waals surface area (Å²) in [5.41, 5.74) is 3.20. The van der Waals surface area contributed by atoms with E-state index in [4.69, 9.17) is 9.26 Å². The zero-order valence-corrected chi connectivity index (χ0v) is 14.8. The van der Waals surface area contributed by atoms with E-state index in [2.05, 4.69) is 26.8 Å². The van der Waals surface area contributed by atoms with Gasteiger partial charge in [0.2, 0.25) is 0 Å². The predicted molar refractivity (Wildman–Crippen MR) is 95.5 cm³/mol. The van der Waals surface area contributed by atoms with Crippen LogP contribution in [0, 0.1) is 13.8 Å². The fourth-order valence-electron chi connectivity index (χ4n) is 2.51. The Morgan fingerprint density at radius 2 is 2.04 bits per heavy atom. The number of aromatic nitrogens is 1. The van der Waals surface area contributed by atoms with Gasteiger partial charge in [0.1, 0.15) is 11.5 Å². The Bertz CT molecular complexity index is 660. The highest BCUT2D eigenvalue weighted by atomic mass is 16.5. The van der Waals surface area contributed by atoms with Crippen LogP contribution in [0.1, 0.15) is 29.5 Å². The summed E-state index contributed by atoms with van der Waals surface area (Å²) in [5, 5.41) is 10.6. The lowest BCUT2D eigenvalue weighted by Gasteiger charge is -2.14. The third kappa shape index (κ3) is 4.75. The van der Waals surface area contributed by atoms with E-state index in [1.807, 2.05) is 39.0 Å². The Labute approximate surface area is 143 Å². The van der Waals surface area contributed by atoms with E-state index in [-0.39, 0.29) is 0 Å². The highest BCUT2D eigenvalue weighted by Crippen LogP contribution is 2.17. The van der Waals surface area contributed by atoms with Crippen LogP contribution in [0.3, 0.4) is 0 Å². The van der Waals surface area contributed by atoms with Crippen LogP contribution in [0.4, 0.5) is 0 Å². The van der Waals surface area contributed by atoms with Crippen LogP contribution in [0.15, 0.2) is 33.8 Å². The lowest BCUT2D eigenvalue weighted by Crippen LogP contribution is -2.38. The number of ether oxygens (including phenoxy) is 1. The van der Waals surface area contributed by atoms with Gasteiger partial charge in [0.05, 0.1) is 12.3 Å². The normalized spacial score (nSPS) is 11.4. The molecule has 0 fully saturated rings. The lowest BCUT2D eigenvalue weighted by molar-refractivity contribution is 0.336. The molecule has 0 aliphatic carbocycles. The number of rotatable bonds is 7. The van der Waals surface area contributed by atoms with E-state index in [0.717, 1.165) is 47.3 Å². The lowest BCUT2D eigenvalue weighted by atomic mass is 10.1. The van der Waals surface area contributed by atoms with Crippen LogP contribution < -0.4 is 15.4 Å². The van der Waals surface area contributed by atoms with Crippen LogP contribution in [-0.4, -0.2) is 31.3 Å². The number of hydrogen-bond acceptors (Lipinski definition) is 4. The van der Waals surface area contributed by atoms with Gasteiger partial charge in [0.25, 0.3) is 0 Å². The third-order valence-electron chi connectivity index (χ3n) is 3.79. The molecule has 6 heteroatoms. The SMILES string of the molecule is CCOc1ccccc1CNC(=NC)NCCc1c(C)noc1C. The average molecular weight is 330 g/mol. The van der Waals surface area contributed by atoms with Gasteiger partial charge in [-0.05, 0) is 33.3 Å². The van der Waals surface area contributed by atoms with E-state index in [1.165, 1.54) is 0 Å². The Kier molecular flexibility index (Phi) is 6.66. The molecule has 0 spiro atoms. The van der Waals surface area contributed by atoms with Gasteiger partial charge in [-0.1, -0.05) is 23.4 Å². The summed E-state index contributed by atoms with van der Waals surface area (Å²) in [6, 6.07) is 8.02. The van der Waals surface area contributed by atoms with Crippen molar-refractivity contribution in [2.75, 3.05) is 20.2 Å². The fraction of sp³-hybridized carbons (Fsp3) is 0.444. The number of nitrogens with one attached hydrogen (secondary N) is 2. The van der Waals surface area contributed by atoms with E-state index in [0.29, 0.717) is 13.2 Å². The Hall–Kier alpha value is -2.50. The van der Waals surface area contributed by atoms with Crippen molar-refractivity contribution in [3.63, 3.8) is 0 Å². The molecule has 1 aromatic heterocycles. The molecule has 0 saturated carbocycles. The van der Waals surface area contributed by atoms with Crippen molar-refractivity contribution < 1.29 is 9.26 Å². The number of aliphatic imine (C=N–C) groups is 1. The number of nitrogens with zero attached hydrogens (tertiary/aromatic N) is 2. The van der Waals surface area contributed by atoms with E-state index in [1.54, 1.807) is 7.05 Å². The van der Waals surface area contributed by atoms with E-state index < -0.39 is 0 Å². The first-order valence-corrected chi connectivity index (χ1v) is 8.22. The predicted octanol–water partition coefficient (Wildman–Crippen LogP) is 2.60. The van der Waals surface area contributed by atoms with Crippen molar-refractivity contribution in [2.24, 2.45) is 4.99 Å². The minimum absolute atomic E-state index is 0.654. The molecule has 2 N–H and O–H groups in total. The Balaban J connectivity index is 1.85. The molecule has 0 atom stereocenters. The average Bonchev–Trinajstić information content (AvgIpc) is 2.91. The molecule has 0 amide bonds. The van der Waals surface area contributed by atoms with Crippen molar-refractivity contribution in [2.45, 2.75) is 33.7 Å². The summed E-state index contributed by atoms with van der Waals surface area (Å²) in [7, 11) is 1.76. The number of benzene rings is 1. The third-order valence-corrected chi connectivity index (χ3v) is 3.79. The Morgan fingerprint density at radius 1 is 1.25 bits per heavy atom. The monoisotopic (exact) mass is 330 g/mol. The summed E-state index contributed by atoms with van der Waals surface area (Å²) in [6.45, 7) is 7.95. The summed E-state index contributed by atoms with van der Waals surface area (Å²) < 4.78 is 10.8. The second-order valence-corrected chi connectivity index (χ2v) is 5.45. The summed E-state index contributed by atoms with van der Waals surface area (Å²) in [6.07, 6.45) is 0.845. The van der Waals surface area contributed by atoms with Crippen LogP contribution in [0.5, 0.6) is 5.75 Å². The fourth-order valence-corrected chi connectivity index (χ4v) is 2.51. The van der Waals surface area contributed by atoms with Crippen molar-refractivity contribution >= 4 is 5.96 Å². The molecule has 2 rings (SSSR count). The first-order chi connectivity index (χ1) is 11.7. The quantitative estimate of drug-likeness (QED) is 0.603. The molecule has 6 nitrogen and oxygen atoms in total. The largest absolute Gasteiger partial charge is 0.494 e. The smallest absolute Gasteiger partial charge is 0.191 e. The minimum atomic E-state index is 0.654. The van der Waals surface area contributed by atoms with Gasteiger partial charge >= 0.3 is 0 Å². The molecule has 1 aromatic carbocycles. The molecule has 2 aromatic rings. The molecule has 0 unspecified atom stereocenters. The number of para-hydroxylation sites is 1. The highest BCUT2D eigenvalue weighted by molar-refractivity contribution is 5.79. The van der Waals surface area contributed by atoms with Crippen LogP contribution in [0.2, 0.25) is 0 Å². The molecule has 130 valence electrons. The van der Waals surface area contributed by atoms with Gasteiger partial charge in [0.15, 0.2) is 5.96 Å². The number of hydrogen-bond donors (Lipinski definition) is 2. The van der Waals surface area contributed by atoms with Gasteiger partial charge in [-0.2, -0.15) is 0 Å². The highest BCUT2D eigenvalue weighted by Gasteiger charge is 2.09. The van der Waals surface area contributed by atoms with Gasteiger partial charge in [0, 0.05) is 31.3 Å². The number of aryl methyl sites for hydroxylation is 2. The van der Waals surface area contributed by atoms with E-state index >= 15 is 0 Å². The molecular weight excluding hydrogens is 304 g/mol. The van der Waals surface area contributed by atoms with Gasteiger partial charge in [-0.15, -0.1) is 0 Å². The Morgan fingerprint density at radius 3 is 2.71 bits per heavy atom. The van der Waals surface area contributed by atoms with Crippen molar-refractivity contribution in [3.8, 4) is 5.75 Å². The maximum absolute atomic E-state index is 5.64. The summed E-state index contributed by atoms with van der Waals surface area (Å²) in [4.78, 5) is 4.26. The maximum atomic E-state index is 5.64. The van der Waals surface area contributed by atoms with Gasteiger partial charge < -0.3 is 19.9 Å². The number of guanidine groups is 1. The summed E-state index contributed by atoms with van der Waals surface area (Å²) >= 11 is 0. The molecule has 0 bridgehead atoms. The van der Waals surface area contributed by atoms with Gasteiger partial charge in [-0.3, -0.25) is 4.99 Å². The minimum Gasteiger partial charge on any atom is -0.494 e. The van der Waals surface area contributed by atoms with Crippen LogP contribution in [-0.2, 0) is 13.0 Å². The second-order valence-electron chi connectivity index (χ2n) is 5.45. The van der Waals surface area contributed by atoms with Crippen molar-refractivity contribution in [3.05, 3.63) is 46.8 Å². The van der Waals surface area contributed by atoms with E-state index in [9.17, 15) is 0 Å². The zero-order chi connectivity index (χ0) is 17.4.